The fourth-order valence-electron chi connectivity index (χ4n) is 5.03. The van der Waals surface area contributed by atoms with Gasteiger partial charge in [0.15, 0.2) is 17.3 Å². The topological polar surface area (TPSA) is 216 Å². The van der Waals surface area contributed by atoms with Crippen LogP contribution in [0.5, 0.6) is 0 Å². The molecule has 0 amide bonds. The summed E-state index contributed by atoms with van der Waals surface area (Å²) in [6.45, 7) is 31.2. The van der Waals surface area contributed by atoms with Gasteiger partial charge in [0.05, 0.1) is 31.7 Å². The van der Waals surface area contributed by atoms with Crippen molar-refractivity contribution in [2.24, 2.45) is 10.8 Å². The number of ketones is 3. The molecule has 1 rings (SSSR count). The number of esters is 3. The molecule has 0 unspecified atom stereocenters. The van der Waals surface area contributed by atoms with E-state index in [4.69, 9.17) is 14.2 Å². The van der Waals surface area contributed by atoms with Gasteiger partial charge in [0, 0.05) is 37.5 Å². The van der Waals surface area contributed by atoms with Gasteiger partial charge in [-0.1, -0.05) is 71.0 Å². The third-order valence-electron chi connectivity index (χ3n) is 8.86. The van der Waals surface area contributed by atoms with Crippen LogP contribution >= 0.6 is 0 Å². The molecular weight excluding hydrogens is 778 g/mol. The van der Waals surface area contributed by atoms with Crippen LogP contribution in [-0.2, 0) is 62.6 Å². The zero-order valence-corrected chi connectivity index (χ0v) is 34.6. The molecule has 328 valence electrons. The standard InChI is InChI=1S/C18H26O3.C14H18O7.C12H15N3O3/c1-5-15(19)9-12-18(8-4,13-10-16(20)6-2)14-11-17(21)7-3;1-4-11(16)19-8-14(7-15,9-20-12(17)5-2)10-21-13(18)6-3;1-4-7-13-10(16)14(8-5-2)12(18)15(9-6-3)11(13)17/h5-7H,1-3,8-14H2,4H3;4-6,15H,1-3,7-10H2;4-6H,1-3,7-9H2. The summed E-state index contributed by atoms with van der Waals surface area (Å²) in [7, 11) is 0. The van der Waals surface area contributed by atoms with Crippen LogP contribution in [0.2, 0.25) is 0 Å². The molecule has 0 fully saturated rings. The third kappa shape index (κ3) is 20.2. The Morgan fingerprint density at radius 3 is 0.950 bits per heavy atom. The lowest BCUT2D eigenvalue weighted by Crippen LogP contribution is -2.54. The Bertz CT molecular complexity index is 1610. The minimum Gasteiger partial charge on any atom is -0.462 e. The molecule has 60 heavy (non-hydrogen) atoms. The number of ether oxygens (including phenoxy) is 3. The van der Waals surface area contributed by atoms with Crippen LogP contribution in [0.15, 0.2) is 128 Å². The quantitative estimate of drug-likeness (QED) is 0.0526. The SMILES string of the molecule is C=CC(=O)CCC(CC)(CCC(=O)C=C)CCC(=O)C=C.C=CC(=O)OCC(CO)(COC(=O)C=C)COC(=O)C=C.C=CCn1c(=O)n(CC=C)c(=O)n(CC=C)c1=O. The molecule has 0 bridgehead atoms. The maximum Gasteiger partial charge on any atom is 0.336 e. The number of allylic oxidation sites excluding steroid dienone is 6. The number of nitrogens with zero attached hydrogens (tertiary/aromatic N) is 3. The van der Waals surface area contributed by atoms with E-state index in [1.807, 2.05) is 6.92 Å². The van der Waals surface area contributed by atoms with Gasteiger partial charge in [-0.25, -0.2) is 42.5 Å². The highest BCUT2D eigenvalue weighted by molar-refractivity contribution is 5.90. The average molecular weight is 838 g/mol. The molecule has 1 aromatic heterocycles. The smallest absolute Gasteiger partial charge is 0.336 e. The van der Waals surface area contributed by atoms with E-state index in [2.05, 4.69) is 59.2 Å². The van der Waals surface area contributed by atoms with Crippen molar-refractivity contribution < 1.29 is 48.1 Å². The number of aliphatic hydroxyl groups excluding tert-OH is 1. The van der Waals surface area contributed by atoms with E-state index < -0.39 is 47.0 Å². The van der Waals surface area contributed by atoms with Crippen molar-refractivity contribution in [2.75, 3.05) is 26.4 Å². The average Bonchev–Trinajstić information content (AvgIpc) is 3.27. The summed E-state index contributed by atoms with van der Waals surface area (Å²) in [6, 6.07) is 0. The van der Waals surface area contributed by atoms with Gasteiger partial charge in [-0.3, -0.25) is 14.4 Å². The van der Waals surface area contributed by atoms with Crippen molar-refractivity contribution in [1.29, 1.82) is 0 Å². The molecule has 0 aliphatic rings. The summed E-state index contributed by atoms with van der Waals surface area (Å²) in [5, 5.41) is 9.48. The second kappa shape index (κ2) is 30.5. The predicted molar refractivity (Wildman–Crippen MR) is 229 cm³/mol. The van der Waals surface area contributed by atoms with Gasteiger partial charge >= 0.3 is 35.0 Å². The first kappa shape index (κ1) is 55.5. The van der Waals surface area contributed by atoms with Gasteiger partial charge in [-0.15, -0.1) is 19.7 Å². The molecule has 0 aliphatic heterocycles. The minimum atomic E-state index is -1.28. The second-order valence-electron chi connectivity index (χ2n) is 13.0. The largest absolute Gasteiger partial charge is 0.462 e. The number of carbonyl (C=O) groups is 6. The highest BCUT2D eigenvalue weighted by Gasteiger charge is 2.35. The Morgan fingerprint density at radius 1 is 0.500 bits per heavy atom. The zero-order chi connectivity index (χ0) is 46.3. The maximum atomic E-state index is 11.9. The molecule has 1 aromatic rings. The van der Waals surface area contributed by atoms with Crippen LogP contribution in [0, 0.1) is 10.8 Å². The van der Waals surface area contributed by atoms with Gasteiger partial charge < -0.3 is 19.3 Å². The lowest BCUT2D eigenvalue weighted by atomic mass is 9.72. The number of aliphatic hydroxyl groups is 1. The Labute approximate surface area is 350 Å². The molecular formula is C44H59N3O13. The molecule has 0 saturated heterocycles. The van der Waals surface area contributed by atoms with Crippen molar-refractivity contribution in [3.05, 3.63) is 145 Å². The molecule has 0 spiro atoms. The number of hydrogen-bond donors (Lipinski definition) is 1. The first-order valence-corrected chi connectivity index (χ1v) is 18.6. The lowest BCUT2D eigenvalue weighted by Gasteiger charge is -2.32. The first-order chi connectivity index (χ1) is 28.4. The summed E-state index contributed by atoms with van der Waals surface area (Å²) in [5.74, 6) is -2.18. The van der Waals surface area contributed by atoms with Crippen molar-refractivity contribution in [3.63, 3.8) is 0 Å². The zero-order valence-electron chi connectivity index (χ0n) is 34.6. The van der Waals surface area contributed by atoms with Crippen LogP contribution in [0.25, 0.3) is 0 Å². The van der Waals surface area contributed by atoms with E-state index in [9.17, 15) is 48.3 Å². The molecule has 0 aliphatic carbocycles. The number of rotatable bonds is 29. The molecule has 0 radical (unpaired) electrons. The van der Waals surface area contributed by atoms with E-state index in [0.717, 1.165) is 38.4 Å². The van der Waals surface area contributed by atoms with Gasteiger partial charge in [0.2, 0.25) is 0 Å². The van der Waals surface area contributed by atoms with Gasteiger partial charge in [0.1, 0.15) is 19.8 Å². The fourth-order valence-corrected chi connectivity index (χ4v) is 5.03. The van der Waals surface area contributed by atoms with E-state index in [-0.39, 0.29) is 62.2 Å². The highest BCUT2D eigenvalue weighted by Crippen LogP contribution is 2.39. The molecule has 1 heterocycles. The van der Waals surface area contributed by atoms with Crippen molar-refractivity contribution in [1.82, 2.24) is 13.7 Å². The van der Waals surface area contributed by atoms with Crippen LogP contribution in [0.3, 0.4) is 0 Å². The summed E-state index contributed by atoms with van der Waals surface area (Å²) in [4.78, 5) is 104. The minimum absolute atomic E-state index is 0.00193. The molecule has 0 atom stereocenters. The Balaban J connectivity index is 0. The summed E-state index contributed by atoms with van der Waals surface area (Å²) >= 11 is 0. The first-order valence-electron chi connectivity index (χ1n) is 18.6. The van der Waals surface area contributed by atoms with Gasteiger partial charge in [0.25, 0.3) is 0 Å². The Kier molecular flexibility index (Phi) is 28.3. The van der Waals surface area contributed by atoms with Crippen LogP contribution in [-0.4, -0.2) is 80.5 Å². The van der Waals surface area contributed by atoms with Crippen LogP contribution in [0.1, 0.15) is 51.9 Å². The summed E-state index contributed by atoms with van der Waals surface area (Å²) in [6.07, 6.45) is 15.1. The predicted octanol–water partition coefficient (Wildman–Crippen LogP) is 3.87. The van der Waals surface area contributed by atoms with Gasteiger partial charge in [-0.2, -0.15) is 0 Å². The highest BCUT2D eigenvalue weighted by atomic mass is 16.6. The number of carbonyl (C=O) groups excluding carboxylic acids is 6. The van der Waals surface area contributed by atoms with E-state index in [1.165, 1.54) is 36.5 Å². The second-order valence-corrected chi connectivity index (χ2v) is 13.0. The normalized spacial score (nSPS) is 10.3. The maximum absolute atomic E-state index is 11.9. The monoisotopic (exact) mass is 837 g/mol. The lowest BCUT2D eigenvalue weighted by molar-refractivity contribution is -0.159. The fraction of sp³-hybridized carbons (Fsp3) is 0.386. The Morgan fingerprint density at radius 2 is 0.767 bits per heavy atom. The molecule has 1 N–H and O–H groups in total. The Hall–Kier alpha value is -6.55. The molecule has 0 aromatic carbocycles. The van der Waals surface area contributed by atoms with E-state index in [1.54, 1.807) is 0 Å². The summed E-state index contributed by atoms with van der Waals surface area (Å²) < 4.78 is 17.3. The number of aromatic nitrogens is 3. The van der Waals surface area contributed by atoms with Crippen molar-refractivity contribution in [3.8, 4) is 0 Å². The molecule has 16 nitrogen and oxygen atoms in total. The summed E-state index contributed by atoms with van der Waals surface area (Å²) in [5.41, 5.74) is -3.44. The third-order valence-corrected chi connectivity index (χ3v) is 8.86. The van der Waals surface area contributed by atoms with Crippen molar-refractivity contribution in [2.45, 2.75) is 71.5 Å². The van der Waals surface area contributed by atoms with Crippen LogP contribution < -0.4 is 17.1 Å². The van der Waals surface area contributed by atoms with Crippen LogP contribution in [0.4, 0.5) is 0 Å². The van der Waals surface area contributed by atoms with Gasteiger partial charge in [-0.05, 0) is 42.9 Å². The van der Waals surface area contributed by atoms with E-state index >= 15 is 0 Å². The number of hydrogen-bond acceptors (Lipinski definition) is 13. The van der Waals surface area contributed by atoms with Crippen molar-refractivity contribution >= 4 is 35.3 Å². The molecule has 0 saturated carbocycles. The van der Waals surface area contributed by atoms with E-state index in [0.29, 0.717) is 38.5 Å². The molecule has 16 heteroatoms.